The lowest BCUT2D eigenvalue weighted by Gasteiger charge is -2.11. The van der Waals surface area contributed by atoms with Gasteiger partial charge < -0.3 is 10.1 Å². The Bertz CT molecular complexity index is 1140. The standard InChI is InChI=1S/C23H19N3O2/c1-15-7-9-16(10-8-15)21-19-5-3-4-6-20(19)22(26-25-21)24-18-13-11-17(12-14-18)23(27)28-2/h3-14H,1-2H3,(H,24,26). The number of anilines is 2. The molecule has 0 unspecified atom stereocenters. The number of aromatic nitrogens is 2. The van der Waals surface area contributed by atoms with Crippen LogP contribution in [0.15, 0.2) is 72.8 Å². The second kappa shape index (κ2) is 7.48. The lowest BCUT2D eigenvalue weighted by atomic mass is 10.0. The number of carbonyl (C=O) groups excluding carboxylic acids is 1. The average molecular weight is 369 g/mol. The van der Waals surface area contributed by atoms with Crippen LogP contribution < -0.4 is 5.32 Å². The quantitative estimate of drug-likeness (QED) is 0.505. The molecule has 5 heteroatoms. The number of aryl methyl sites for hydroxylation is 1. The minimum absolute atomic E-state index is 0.362. The van der Waals surface area contributed by atoms with Crippen molar-refractivity contribution in [2.45, 2.75) is 6.92 Å². The summed E-state index contributed by atoms with van der Waals surface area (Å²) in [6.45, 7) is 2.06. The van der Waals surface area contributed by atoms with Crippen molar-refractivity contribution in [2.75, 3.05) is 12.4 Å². The molecule has 4 rings (SSSR count). The molecule has 0 radical (unpaired) electrons. The summed E-state index contributed by atoms with van der Waals surface area (Å²) in [5, 5.41) is 14.2. The van der Waals surface area contributed by atoms with E-state index >= 15 is 0 Å². The summed E-state index contributed by atoms with van der Waals surface area (Å²) in [7, 11) is 1.37. The Morgan fingerprint density at radius 2 is 1.54 bits per heavy atom. The molecule has 0 bridgehead atoms. The third kappa shape index (κ3) is 3.42. The summed E-state index contributed by atoms with van der Waals surface area (Å²) in [4.78, 5) is 11.6. The number of hydrogen-bond donors (Lipinski definition) is 1. The summed E-state index contributed by atoms with van der Waals surface area (Å²) < 4.78 is 4.73. The maximum Gasteiger partial charge on any atom is 0.337 e. The van der Waals surface area contributed by atoms with Crippen molar-refractivity contribution in [3.63, 3.8) is 0 Å². The molecule has 0 aliphatic rings. The van der Waals surface area contributed by atoms with E-state index in [1.165, 1.54) is 12.7 Å². The number of carbonyl (C=O) groups is 1. The first-order valence-corrected chi connectivity index (χ1v) is 8.93. The van der Waals surface area contributed by atoms with Crippen LogP contribution in [0.1, 0.15) is 15.9 Å². The normalized spacial score (nSPS) is 10.6. The van der Waals surface area contributed by atoms with Crippen molar-refractivity contribution in [3.8, 4) is 11.3 Å². The first kappa shape index (κ1) is 17.7. The zero-order valence-corrected chi connectivity index (χ0v) is 15.6. The number of fused-ring (bicyclic) bond motifs is 1. The van der Waals surface area contributed by atoms with Crippen LogP contribution in [0, 0.1) is 6.92 Å². The van der Waals surface area contributed by atoms with Gasteiger partial charge >= 0.3 is 5.97 Å². The summed E-state index contributed by atoms with van der Waals surface area (Å²) >= 11 is 0. The molecule has 0 spiro atoms. The highest BCUT2D eigenvalue weighted by molar-refractivity contribution is 6.01. The van der Waals surface area contributed by atoms with Crippen LogP contribution in [0.2, 0.25) is 0 Å². The molecule has 138 valence electrons. The van der Waals surface area contributed by atoms with Gasteiger partial charge in [-0.25, -0.2) is 4.79 Å². The van der Waals surface area contributed by atoms with E-state index in [9.17, 15) is 4.79 Å². The van der Waals surface area contributed by atoms with Crippen LogP contribution in [0.5, 0.6) is 0 Å². The minimum Gasteiger partial charge on any atom is -0.465 e. The van der Waals surface area contributed by atoms with Crippen molar-refractivity contribution >= 4 is 28.2 Å². The second-order valence-corrected chi connectivity index (χ2v) is 6.50. The zero-order chi connectivity index (χ0) is 19.5. The van der Waals surface area contributed by atoms with E-state index in [-0.39, 0.29) is 5.97 Å². The van der Waals surface area contributed by atoms with E-state index in [2.05, 4.69) is 46.7 Å². The number of benzene rings is 3. The van der Waals surface area contributed by atoms with Gasteiger partial charge in [0.05, 0.1) is 12.7 Å². The van der Waals surface area contributed by atoms with Gasteiger partial charge in [-0.15, -0.1) is 10.2 Å². The van der Waals surface area contributed by atoms with Gasteiger partial charge in [0.15, 0.2) is 5.82 Å². The molecule has 3 aromatic carbocycles. The number of methoxy groups -OCH3 is 1. The largest absolute Gasteiger partial charge is 0.465 e. The van der Waals surface area contributed by atoms with Crippen LogP contribution in [-0.2, 0) is 4.74 Å². The van der Waals surface area contributed by atoms with E-state index in [0.29, 0.717) is 11.4 Å². The van der Waals surface area contributed by atoms with Crippen molar-refractivity contribution in [2.24, 2.45) is 0 Å². The van der Waals surface area contributed by atoms with Crippen LogP contribution >= 0.6 is 0 Å². The molecule has 0 atom stereocenters. The third-order valence-electron chi connectivity index (χ3n) is 4.58. The SMILES string of the molecule is COC(=O)c1ccc(Nc2nnc(-c3ccc(C)cc3)c3ccccc23)cc1. The molecule has 0 fully saturated rings. The first-order chi connectivity index (χ1) is 13.7. The smallest absolute Gasteiger partial charge is 0.337 e. The Hall–Kier alpha value is -3.73. The Balaban J connectivity index is 1.72. The number of hydrogen-bond acceptors (Lipinski definition) is 5. The van der Waals surface area contributed by atoms with Crippen molar-refractivity contribution < 1.29 is 9.53 Å². The molecule has 5 nitrogen and oxygen atoms in total. The number of esters is 1. The topological polar surface area (TPSA) is 64.1 Å². The van der Waals surface area contributed by atoms with E-state index in [4.69, 9.17) is 4.74 Å². The maximum absolute atomic E-state index is 11.6. The Morgan fingerprint density at radius 3 is 2.21 bits per heavy atom. The third-order valence-corrected chi connectivity index (χ3v) is 4.58. The zero-order valence-electron chi connectivity index (χ0n) is 15.6. The Labute approximate surface area is 163 Å². The number of ether oxygens (including phenoxy) is 1. The molecule has 28 heavy (non-hydrogen) atoms. The van der Waals surface area contributed by atoms with Gasteiger partial charge in [0.25, 0.3) is 0 Å². The van der Waals surface area contributed by atoms with Gasteiger partial charge in [-0.2, -0.15) is 0 Å². The Morgan fingerprint density at radius 1 is 0.857 bits per heavy atom. The fraction of sp³-hybridized carbons (Fsp3) is 0.0870. The van der Waals surface area contributed by atoms with E-state index in [1.54, 1.807) is 12.1 Å². The first-order valence-electron chi connectivity index (χ1n) is 8.93. The fourth-order valence-corrected chi connectivity index (χ4v) is 3.07. The van der Waals surface area contributed by atoms with Crippen molar-refractivity contribution in [1.82, 2.24) is 10.2 Å². The predicted octanol–water partition coefficient (Wildman–Crippen LogP) is 5.14. The van der Waals surface area contributed by atoms with Gasteiger partial charge in [-0.1, -0.05) is 54.1 Å². The van der Waals surface area contributed by atoms with Crippen LogP contribution in [0.3, 0.4) is 0 Å². The molecule has 0 aliphatic carbocycles. The molecule has 1 N–H and O–H groups in total. The van der Waals surface area contributed by atoms with Gasteiger partial charge in [-0.05, 0) is 31.2 Å². The van der Waals surface area contributed by atoms with Gasteiger partial charge in [0.2, 0.25) is 0 Å². The molecular formula is C23H19N3O2. The van der Waals surface area contributed by atoms with Crippen molar-refractivity contribution in [1.29, 1.82) is 0 Å². The highest BCUT2D eigenvalue weighted by Crippen LogP contribution is 2.31. The lowest BCUT2D eigenvalue weighted by molar-refractivity contribution is 0.0601. The average Bonchev–Trinajstić information content (AvgIpc) is 2.75. The summed E-state index contributed by atoms with van der Waals surface area (Å²) in [5.74, 6) is 0.302. The minimum atomic E-state index is -0.362. The molecule has 0 saturated heterocycles. The number of nitrogens with one attached hydrogen (secondary N) is 1. The molecule has 1 heterocycles. The molecule has 0 amide bonds. The second-order valence-electron chi connectivity index (χ2n) is 6.50. The highest BCUT2D eigenvalue weighted by Gasteiger charge is 2.11. The number of nitrogens with zero attached hydrogens (tertiary/aromatic N) is 2. The summed E-state index contributed by atoms with van der Waals surface area (Å²) in [5.41, 5.74) is 4.40. The highest BCUT2D eigenvalue weighted by atomic mass is 16.5. The lowest BCUT2D eigenvalue weighted by Crippen LogP contribution is -2.02. The molecule has 0 aliphatic heterocycles. The maximum atomic E-state index is 11.6. The van der Waals surface area contributed by atoms with E-state index in [1.807, 2.05) is 36.4 Å². The van der Waals surface area contributed by atoms with Gasteiger partial charge in [0, 0.05) is 22.0 Å². The Kier molecular flexibility index (Phi) is 4.72. The van der Waals surface area contributed by atoms with Gasteiger partial charge in [0.1, 0.15) is 5.69 Å². The molecular weight excluding hydrogens is 350 g/mol. The van der Waals surface area contributed by atoms with Crippen LogP contribution in [0.4, 0.5) is 11.5 Å². The molecule has 1 aromatic heterocycles. The fourth-order valence-electron chi connectivity index (χ4n) is 3.07. The monoisotopic (exact) mass is 369 g/mol. The predicted molar refractivity (Wildman–Crippen MR) is 111 cm³/mol. The van der Waals surface area contributed by atoms with Crippen LogP contribution in [-0.4, -0.2) is 23.3 Å². The van der Waals surface area contributed by atoms with Crippen LogP contribution in [0.25, 0.3) is 22.0 Å². The summed E-state index contributed by atoms with van der Waals surface area (Å²) in [6.07, 6.45) is 0. The van der Waals surface area contributed by atoms with E-state index in [0.717, 1.165) is 27.7 Å². The molecule has 0 saturated carbocycles. The number of rotatable bonds is 4. The van der Waals surface area contributed by atoms with Crippen molar-refractivity contribution in [3.05, 3.63) is 83.9 Å². The van der Waals surface area contributed by atoms with Gasteiger partial charge in [-0.3, -0.25) is 0 Å². The molecule has 4 aromatic rings. The summed E-state index contributed by atoms with van der Waals surface area (Å²) in [6, 6.07) is 23.4. The van der Waals surface area contributed by atoms with E-state index < -0.39 is 0 Å².